The number of nitrogens with zero attached hydrogens (tertiary/aromatic N) is 6. The fourth-order valence-corrected chi connectivity index (χ4v) is 2.77. The van der Waals surface area contributed by atoms with Crippen LogP contribution in [0.15, 0.2) is 44.8 Å². The third-order valence-electron chi connectivity index (χ3n) is 2.75. The summed E-state index contributed by atoms with van der Waals surface area (Å²) in [5, 5.41) is 17.6. The molecule has 0 fully saturated rings. The fraction of sp³-hybridized carbons (Fsp3) is 0.154. The molecule has 0 aliphatic carbocycles. The second-order valence-corrected chi connectivity index (χ2v) is 6.42. The lowest BCUT2D eigenvalue weighted by molar-refractivity contribution is 0.127. The van der Waals surface area contributed by atoms with Crippen molar-refractivity contribution in [2.75, 3.05) is 0 Å². The second kappa shape index (κ2) is 6.75. The highest BCUT2D eigenvalue weighted by Gasteiger charge is 2.12. The van der Waals surface area contributed by atoms with E-state index in [4.69, 9.17) is 4.84 Å². The molecule has 3 aromatic rings. The zero-order chi connectivity index (χ0) is 15.4. The van der Waals surface area contributed by atoms with Gasteiger partial charge >= 0.3 is 0 Å². The molecular formula is C13H11BrN6OS. The zero-order valence-corrected chi connectivity index (χ0v) is 14.0. The maximum Gasteiger partial charge on any atom is 0.203 e. The Hall–Kier alpha value is -2.13. The molecule has 112 valence electrons. The predicted molar refractivity (Wildman–Crippen MR) is 85.5 cm³/mol. The Morgan fingerprint density at radius 2 is 2.18 bits per heavy atom. The Morgan fingerprint density at radius 3 is 2.82 bits per heavy atom. The van der Waals surface area contributed by atoms with E-state index in [1.54, 1.807) is 6.92 Å². The van der Waals surface area contributed by atoms with Crippen molar-refractivity contribution in [2.45, 2.75) is 13.5 Å². The number of thiazole rings is 1. The molecular weight excluding hydrogens is 368 g/mol. The van der Waals surface area contributed by atoms with Gasteiger partial charge in [-0.25, -0.2) is 4.98 Å². The molecule has 9 heteroatoms. The normalized spacial score (nSPS) is 11.6. The highest BCUT2D eigenvalue weighted by atomic mass is 79.9. The van der Waals surface area contributed by atoms with Gasteiger partial charge in [0.15, 0.2) is 16.3 Å². The molecule has 7 nitrogen and oxygen atoms in total. The van der Waals surface area contributed by atoms with Crippen molar-refractivity contribution >= 4 is 33.1 Å². The molecule has 1 aromatic carbocycles. The van der Waals surface area contributed by atoms with E-state index in [9.17, 15) is 0 Å². The molecule has 2 heterocycles. The summed E-state index contributed by atoms with van der Waals surface area (Å²) in [6, 6.07) is 9.61. The van der Waals surface area contributed by atoms with Crippen LogP contribution in [0.1, 0.15) is 17.1 Å². The van der Waals surface area contributed by atoms with Gasteiger partial charge < -0.3 is 4.84 Å². The van der Waals surface area contributed by atoms with Crippen LogP contribution in [0, 0.1) is 6.92 Å². The van der Waals surface area contributed by atoms with Crippen LogP contribution in [0.2, 0.25) is 0 Å². The van der Waals surface area contributed by atoms with Gasteiger partial charge in [-0.15, -0.1) is 16.4 Å². The van der Waals surface area contributed by atoms with Gasteiger partial charge in [0, 0.05) is 10.9 Å². The Labute approximate surface area is 138 Å². The van der Waals surface area contributed by atoms with E-state index in [1.165, 1.54) is 16.0 Å². The van der Waals surface area contributed by atoms with Crippen molar-refractivity contribution < 1.29 is 4.84 Å². The third kappa shape index (κ3) is 3.37. The maximum atomic E-state index is 5.42. The summed E-state index contributed by atoms with van der Waals surface area (Å²) in [5.41, 5.74) is 1.67. The number of aromatic nitrogens is 5. The Balaban J connectivity index is 1.85. The molecule has 0 amide bonds. The summed E-state index contributed by atoms with van der Waals surface area (Å²) in [7, 11) is 0. The van der Waals surface area contributed by atoms with Crippen LogP contribution in [0.25, 0.3) is 0 Å². The quantitative estimate of drug-likeness (QED) is 0.396. The Kier molecular flexibility index (Phi) is 4.54. The molecule has 0 N–H and O–H groups in total. The Bertz CT molecular complexity index is 785. The summed E-state index contributed by atoms with van der Waals surface area (Å²) in [6.45, 7) is 2.08. The van der Waals surface area contributed by atoms with Gasteiger partial charge in [-0.1, -0.05) is 35.5 Å². The van der Waals surface area contributed by atoms with Crippen LogP contribution in [-0.4, -0.2) is 31.0 Å². The van der Waals surface area contributed by atoms with Gasteiger partial charge in [0.1, 0.15) is 0 Å². The largest absolute Gasteiger partial charge is 0.387 e. The van der Waals surface area contributed by atoms with E-state index >= 15 is 0 Å². The smallest absolute Gasteiger partial charge is 0.203 e. The lowest BCUT2D eigenvalue weighted by atomic mass is 10.2. The molecule has 0 radical (unpaired) electrons. The number of rotatable bonds is 4. The lowest BCUT2D eigenvalue weighted by Crippen LogP contribution is -2.17. The highest BCUT2D eigenvalue weighted by molar-refractivity contribution is 9.11. The molecule has 0 aliphatic rings. The number of aryl methyl sites for hydroxylation is 1. The number of benzene rings is 1. The fourth-order valence-electron chi connectivity index (χ4n) is 1.74. The molecule has 0 atom stereocenters. The number of hydrogen-bond donors (Lipinski definition) is 0. The summed E-state index contributed by atoms with van der Waals surface area (Å²) in [4.78, 5) is 9.68. The number of halogens is 1. The van der Waals surface area contributed by atoms with Gasteiger partial charge in [0.25, 0.3) is 0 Å². The third-order valence-corrected chi connectivity index (χ3v) is 4.16. The predicted octanol–water partition coefficient (Wildman–Crippen LogP) is 2.63. The molecule has 3 rings (SSSR count). The van der Waals surface area contributed by atoms with Crippen molar-refractivity contribution in [1.29, 1.82) is 0 Å². The van der Waals surface area contributed by atoms with Gasteiger partial charge in [-0.3, -0.25) is 0 Å². The minimum atomic E-state index is 0.277. The van der Waals surface area contributed by atoms with Crippen LogP contribution < -0.4 is 0 Å². The number of tetrazole rings is 1. The molecule has 0 aliphatic heterocycles. The SMILES string of the molecule is Cc1nnnn1/C(=N/OCc1csc(Br)n1)c1ccccc1. The van der Waals surface area contributed by atoms with Gasteiger partial charge in [-0.05, 0) is 33.3 Å². The summed E-state index contributed by atoms with van der Waals surface area (Å²) >= 11 is 4.82. The van der Waals surface area contributed by atoms with Crippen LogP contribution in [-0.2, 0) is 11.4 Å². The minimum Gasteiger partial charge on any atom is -0.387 e. The molecule has 22 heavy (non-hydrogen) atoms. The molecule has 2 aromatic heterocycles. The molecule has 0 unspecified atom stereocenters. The minimum absolute atomic E-state index is 0.277. The first-order valence-corrected chi connectivity index (χ1v) is 8.02. The maximum absolute atomic E-state index is 5.42. The molecule has 0 bridgehead atoms. The van der Waals surface area contributed by atoms with E-state index < -0.39 is 0 Å². The van der Waals surface area contributed by atoms with E-state index in [-0.39, 0.29) is 6.61 Å². The Morgan fingerprint density at radius 1 is 1.36 bits per heavy atom. The first-order valence-electron chi connectivity index (χ1n) is 6.34. The van der Waals surface area contributed by atoms with Crippen LogP contribution in [0.3, 0.4) is 0 Å². The summed E-state index contributed by atoms with van der Waals surface area (Å²) < 4.78 is 2.35. The van der Waals surface area contributed by atoms with Crippen LogP contribution in [0.5, 0.6) is 0 Å². The van der Waals surface area contributed by atoms with E-state index in [0.29, 0.717) is 11.7 Å². The first kappa shape index (κ1) is 14.8. The molecule has 0 spiro atoms. The average molecular weight is 379 g/mol. The average Bonchev–Trinajstić information content (AvgIpc) is 3.13. The van der Waals surface area contributed by atoms with Gasteiger partial charge in [0.05, 0.1) is 5.69 Å². The molecule has 0 saturated carbocycles. The van der Waals surface area contributed by atoms with Crippen molar-refractivity contribution in [3.63, 3.8) is 0 Å². The number of hydrogen-bond acceptors (Lipinski definition) is 7. The lowest BCUT2D eigenvalue weighted by Gasteiger charge is -2.06. The van der Waals surface area contributed by atoms with E-state index in [1.807, 2.05) is 35.7 Å². The first-order chi connectivity index (χ1) is 10.7. The topological polar surface area (TPSA) is 78.1 Å². The summed E-state index contributed by atoms with van der Waals surface area (Å²) in [5.74, 6) is 1.15. The van der Waals surface area contributed by atoms with E-state index in [2.05, 4.69) is 41.6 Å². The van der Waals surface area contributed by atoms with Crippen LogP contribution >= 0.6 is 27.3 Å². The zero-order valence-electron chi connectivity index (χ0n) is 11.5. The van der Waals surface area contributed by atoms with E-state index in [0.717, 1.165) is 15.2 Å². The highest BCUT2D eigenvalue weighted by Crippen LogP contribution is 2.16. The van der Waals surface area contributed by atoms with Gasteiger partial charge in [0.2, 0.25) is 5.84 Å². The van der Waals surface area contributed by atoms with Crippen LogP contribution in [0.4, 0.5) is 0 Å². The van der Waals surface area contributed by atoms with Crippen molar-refractivity contribution in [3.8, 4) is 0 Å². The number of oxime groups is 1. The second-order valence-electron chi connectivity index (χ2n) is 4.28. The van der Waals surface area contributed by atoms with Gasteiger partial charge in [-0.2, -0.15) is 4.68 Å². The standard InChI is InChI=1S/C13H11BrN6OS/c1-9-16-18-19-20(9)12(10-5-3-2-4-6-10)17-21-7-11-8-22-13(14)15-11/h2-6,8H,7H2,1H3/b17-12+. The van der Waals surface area contributed by atoms with Crippen molar-refractivity contribution in [2.24, 2.45) is 5.16 Å². The summed E-state index contributed by atoms with van der Waals surface area (Å²) in [6.07, 6.45) is 0. The monoisotopic (exact) mass is 378 g/mol. The molecule has 0 saturated heterocycles. The van der Waals surface area contributed by atoms with Crippen molar-refractivity contribution in [3.05, 3.63) is 56.7 Å². The van der Waals surface area contributed by atoms with Crippen molar-refractivity contribution in [1.82, 2.24) is 25.2 Å².